The Hall–Kier alpha value is -2.35. The molecule has 1 aliphatic carbocycles. The number of allylic oxidation sites excluding steroid dienone is 1. The van der Waals surface area contributed by atoms with E-state index in [-0.39, 0.29) is 17.5 Å². The van der Waals surface area contributed by atoms with E-state index in [1.165, 1.54) is 0 Å². The lowest BCUT2D eigenvalue weighted by molar-refractivity contribution is -0.117. The summed E-state index contributed by atoms with van der Waals surface area (Å²) in [6.07, 6.45) is 4.67. The van der Waals surface area contributed by atoms with E-state index in [1.807, 2.05) is 42.5 Å². The number of aromatic hydroxyl groups is 1. The monoisotopic (exact) mass is 278 g/mol. The summed E-state index contributed by atoms with van der Waals surface area (Å²) in [6, 6.07) is 17.0. The van der Waals surface area contributed by atoms with Crippen LogP contribution in [0.3, 0.4) is 0 Å². The molecule has 1 N–H and O–H groups in total. The third-order valence-corrected chi connectivity index (χ3v) is 3.98. The van der Waals surface area contributed by atoms with E-state index in [0.717, 1.165) is 36.0 Å². The largest absolute Gasteiger partial charge is 0.508 e. The molecule has 1 atom stereocenters. The van der Waals surface area contributed by atoms with Crippen LogP contribution in [0.25, 0.3) is 6.08 Å². The fourth-order valence-electron chi connectivity index (χ4n) is 2.94. The third-order valence-electron chi connectivity index (χ3n) is 3.98. The number of carbonyl (C=O) groups is 1. The molecule has 106 valence electrons. The molecule has 0 aliphatic heterocycles. The molecule has 3 rings (SSSR count). The third kappa shape index (κ3) is 3.05. The Morgan fingerprint density at radius 2 is 1.86 bits per heavy atom. The molecular weight excluding hydrogens is 260 g/mol. The van der Waals surface area contributed by atoms with E-state index in [9.17, 15) is 9.90 Å². The molecule has 0 bridgehead atoms. The van der Waals surface area contributed by atoms with Crippen molar-refractivity contribution in [1.82, 2.24) is 0 Å². The van der Waals surface area contributed by atoms with Gasteiger partial charge in [0.25, 0.3) is 0 Å². The van der Waals surface area contributed by atoms with Crippen molar-refractivity contribution in [2.24, 2.45) is 0 Å². The van der Waals surface area contributed by atoms with Gasteiger partial charge in [0.15, 0.2) is 5.78 Å². The lowest BCUT2D eigenvalue weighted by Crippen LogP contribution is -2.19. The highest BCUT2D eigenvalue weighted by atomic mass is 16.3. The summed E-state index contributed by atoms with van der Waals surface area (Å²) in [4.78, 5) is 12.7. The van der Waals surface area contributed by atoms with Crippen LogP contribution in [0, 0.1) is 0 Å². The van der Waals surface area contributed by atoms with E-state index in [0.29, 0.717) is 0 Å². The molecule has 0 radical (unpaired) electrons. The van der Waals surface area contributed by atoms with Crippen LogP contribution in [0.5, 0.6) is 5.75 Å². The Bertz CT molecular complexity index is 671. The topological polar surface area (TPSA) is 37.3 Å². The Balaban J connectivity index is 1.89. The first-order valence-electron chi connectivity index (χ1n) is 7.33. The number of hydrogen-bond acceptors (Lipinski definition) is 2. The minimum atomic E-state index is -0.0245. The summed E-state index contributed by atoms with van der Waals surface area (Å²) in [5, 5.41) is 9.52. The van der Waals surface area contributed by atoms with Crippen LogP contribution >= 0.6 is 0 Å². The van der Waals surface area contributed by atoms with Gasteiger partial charge in [-0.1, -0.05) is 42.5 Å². The smallest absolute Gasteiger partial charge is 0.166 e. The minimum absolute atomic E-state index is 0.0245. The summed E-state index contributed by atoms with van der Waals surface area (Å²) in [5.74, 6) is 0.423. The zero-order chi connectivity index (χ0) is 14.7. The summed E-state index contributed by atoms with van der Waals surface area (Å²) < 4.78 is 0. The van der Waals surface area contributed by atoms with Crippen LogP contribution in [0.2, 0.25) is 0 Å². The normalized spacial score (nSPS) is 20.7. The van der Waals surface area contributed by atoms with Crippen molar-refractivity contribution in [3.63, 3.8) is 0 Å². The number of rotatable bonds is 2. The molecule has 2 aromatic rings. The summed E-state index contributed by atoms with van der Waals surface area (Å²) >= 11 is 0. The van der Waals surface area contributed by atoms with Crippen molar-refractivity contribution in [2.45, 2.75) is 25.2 Å². The first-order valence-corrected chi connectivity index (χ1v) is 7.33. The number of phenols is 1. The van der Waals surface area contributed by atoms with Gasteiger partial charge in [0.05, 0.1) is 0 Å². The number of ketones is 1. The van der Waals surface area contributed by atoms with Gasteiger partial charge in [-0.05, 0) is 54.2 Å². The SMILES string of the molecule is O=C1/C(=C/c2cccc(O)c2)CCC[C@@H]1c1ccccc1. The van der Waals surface area contributed by atoms with Crippen LogP contribution in [0.15, 0.2) is 60.2 Å². The number of hydrogen-bond donors (Lipinski definition) is 1. The van der Waals surface area contributed by atoms with E-state index in [4.69, 9.17) is 0 Å². The molecule has 0 unspecified atom stereocenters. The minimum Gasteiger partial charge on any atom is -0.508 e. The van der Waals surface area contributed by atoms with Gasteiger partial charge in [0.1, 0.15) is 5.75 Å². The number of phenolic OH excluding ortho intramolecular Hbond substituents is 1. The van der Waals surface area contributed by atoms with E-state index >= 15 is 0 Å². The fraction of sp³-hybridized carbons (Fsp3) is 0.211. The quantitative estimate of drug-likeness (QED) is 0.831. The fourth-order valence-corrected chi connectivity index (χ4v) is 2.94. The Morgan fingerprint density at radius 3 is 2.62 bits per heavy atom. The molecule has 0 spiro atoms. The molecule has 1 aliphatic rings. The molecule has 21 heavy (non-hydrogen) atoms. The molecule has 0 saturated heterocycles. The lowest BCUT2D eigenvalue weighted by atomic mass is 9.79. The molecule has 2 nitrogen and oxygen atoms in total. The number of Topliss-reactive ketones (excluding diaryl/α,β-unsaturated/α-hetero) is 1. The Morgan fingerprint density at radius 1 is 1.05 bits per heavy atom. The van der Waals surface area contributed by atoms with Crippen molar-refractivity contribution < 1.29 is 9.90 Å². The highest BCUT2D eigenvalue weighted by Crippen LogP contribution is 2.33. The molecule has 2 heteroatoms. The Labute approximate surface area is 124 Å². The van der Waals surface area contributed by atoms with E-state index < -0.39 is 0 Å². The highest BCUT2D eigenvalue weighted by Gasteiger charge is 2.27. The zero-order valence-electron chi connectivity index (χ0n) is 11.8. The lowest BCUT2D eigenvalue weighted by Gasteiger charge is -2.23. The maximum absolute atomic E-state index is 12.7. The predicted molar refractivity (Wildman–Crippen MR) is 84.1 cm³/mol. The summed E-state index contributed by atoms with van der Waals surface area (Å²) in [5.41, 5.74) is 2.84. The van der Waals surface area contributed by atoms with Crippen molar-refractivity contribution in [2.75, 3.05) is 0 Å². The van der Waals surface area contributed by atoms with Crippen molar-refractivity contribution in [3.05, 3.63) is 71.3 Å². The molecule has 0 amide bonds. The number of benzene rings is 2. The first kappa shape index (κ1) is 13.6. The van der Waals surface area contributed by atoms with Gasteiger partial charge >= 0.3 is 0 Å². The van der Waals surface area contributed by atoms with Crippen LogP contribution in [0.4, 0.5) is 0 Å². The molecule has 1 saturated carbocycles. The molecule has 2 aromatic carbocycles. The van der Waals surface area contributed by atoms with E-state index in [1.54, 1.807) is 18.2 Å². The average Bonchev–Trinajstić information content (AvgIpc) is 2.50. The molecule has 1 fully saturated rings. The molecular formula is C19H18O2. The van der Waals surface area contributed by atoms with Gasteiger partial charge in [-0.2, -0.15) is 0 Å². The standard InChI is InChI=1S/C19H18O2/c20-17-10-4-6-14(13-17)12-16-9-5-11-18(19(16)21)15-7-2-1-3-8-15/h1-4,6-8,10,12-13,18,20H,5,9,11H2/b16-12+/t18-/m1/s1. The average molecular weight is 278 g/mol. The van der Waals surface area contributed by atoms with Gasteiger partial charge in [0.2, 0.25) is 0 Å². The van der Waals surface area contributed by atoms with Gasteiger partial charge < -0.3 is 5.11 Å². The van der Waals surface area contributed by atoms with Gasteiger partial charge in [-0.25, -0.2) is 0 Å². The molecule has 0 heterocycles. The second-order valence-electron chi connectivity index (χ2n) is 5.48. The van der Waals surface area contributed by atoms with Crippen LogP contribution in [-0.4, -0.2) is 10.9 Å². The Kier molecular flexibility index (Phi) is 3.87. The first-order chi connectivity index (χ1) is 10.2. The summed E-state index contributed by atoms with van der Waals surface area (Å²) in [6.45, 7) is 0. The number of carbonyl (C=O) groups excluding carboxylic acids is 1. The van der Waals surface area contributed by atoms with Crippen LogP contribution in [-0.2, 0) is 4.79 Å². The van der Waals surface area contributed by atoms with E-state index in [2.05, 4.69) is 0 Å². The second-order valence-corrected chi connectivity index (χ2v) is 5.48. The van der Waals surface area contributed by atoms with Crippen molar-refractivity contribution in [1.29, 1.82) is 0 Å². The van der Waals surface area contributed by atoms with Crippen LogP contribution < -0.4 is 0 Å². The second kappa shape index (κ2) is 5.96. The zero-order valence-corrected chi connectivity index (χ0v) is 11.8. The maximum Gasteiger partial charge on any atom is 0.166 e. The van der Waals surface area contributed by atoms with Gasteiger partial charge in [-0.3, -0.25) is 4.79 Å². The van der Waals surface area contributed by atoms with Crippen LogP contribution in [0.1, 0.15) is 36.3 Å². The summed E-state index contributed by atoms with van der Waals surface area (Å²) in [7, 11) is 0. The van der Waals surface area contributed by atoms with Gasteiger partial charge in [-0.15, -0.1) is 0 Å². The maximum atomic E-state index is 12.7. The highest BCUT2D eigenvalue weighted by molar-refractivity contribution is 6.04. The van der Waals surface area contributed by atoms with Crippen molar-refractivity contribution >= 4 is 11.9 Å². The van der Waals surface area contributed by atoms with Gasteiger partial charge in [0, 0.05) is 5.92 Å². The molecule has 0 aromatic heterocycles. The predicted octanol–water partition coefficient (Wildman–Crippen LogP) is 4.31. The van der Waals surface area contributed by atoms with Crippen molar-refractivity contribution in [3.8, 4) is 5.75 Å².